The van der Waals surface area contributed by atoms with E-state index in [2.05, 4.69) is 5.32 Å². The number of nitriles is 1. The molecule has 0 aliphatic rings. The van der Waals surface area contributed by atoms with Crippen molar-refractivity contribution in [1.29, 1.82) is 5.26 Å². The third-order valence-electron chi connectivity index (χ3n) is 2.59. The number of nitrogens with one attached hydrogen (secondary N) is 1. The molecular formula is C14H9Cl2N3O. The van der Waals surface area contributed by atoms with Gasteiger partial charge in [-0.1, -0.05) is 23.2 Å². The van der Waals surface area contributed by atoms with E-state index in [-0.39, 0.29) is 16.1 Å². The van der Waals surface area contributed by atoms with Gasteiger partial charge in [0.2, 0.25) is 0 Å². The van der Waals surface area contributed by atoms with E-state index in [1.807, 2.05) is 6.07 Å². The zero-order chi connectivity index (χ0) is 14.7. The maximum Gasteiger partial charge on any atom is 0.257 e. The molecule has 20 heavy (non-hydrogen) atoms. The van der Waals surface area contributed by atoms with Crippen LogP contribution < -0.4 is 11.1 Å². The van der Waals surface area contributed by atoms with Gasteiger partial charge in [0.05, 0.1) is 21.8 Å². The van der Waals surface area contributed by atoms with Crippen molar-refractivity contribution in [2.24, 2.45) is 0 Å². The predicted octanol–water partition coefficient (Wildman–Crippen LogP) is 3.70. The minimum atomic E-state index is -0.446. The van der Waals surface area contributed by atoms with Gasteiger partial charge in [0, 0.05) is 10.7 Å². The molecule has 0 bridgehead atoms. The Morgan fingerprint density at radius 3 is 2.65 bits per heavy atom. The Morgan fingerprint density at radius 1 is 1.20 bits per heavy atom. The molecule has 0 atom stereocenters. The molecule has 0 saturated heterocycles. The second kappa shape index (κ2) is 5.83. The summed E-state index contributed by atoms with van der Waals surface area (Å²) < 4.78 is 0. The Balaban J connectivity index is 2.33. The van der Waals surface area contributed by atoms with E-state index in [1.165, 1.54) is 18.2 Å². The molecular weight excluding hydrogens is 297 g/mol. The molecule has 0 radical (unpaired) electrons. The quantitative estimate of drug-likeness (QED) is 0.830. The maximum absolute atomic E-state index is 12.1. The minimum absolute atomic E-state index is 0.236. The number of rotatable bonds is 2. The summed E-state index contributed by atoms with van der Waals surface area (Å²) in [5, 5.41) is 12.3. The molecule has 3 N–H and O–H groups in total. The first-order valence-electron chi connectivity index (χ1n) is 5.57. The molecule has 4 nitrogen and oxygen atoms in total. The molecule has 0 unspecified atom stereocenters. The van der Waals surface area contributed by atoms with Crippen LogP contribution in [0.3, 0.4) is 0 Å². The van der Waals surface area contributed by atoms with Gasteiger partial charge in [-0.15, -0.1) is 0 Å². The number of anilines is 2. The number of amides is 1. The van der Waals surface area contributed by atoms with E-state index in [0.717, 1.165) is 0 Å². The van der Waals surface area contributed by atoms with Crippen LogP contribution in [0.2, 0.25) is 10.0 Å². The number of benzene rings is 2. The Morgan fingerprint density at radius 2 is 1.95 bits per heavy atom. The summed E-state index contributed by atoms with van der Waals surface area (Å²) in [7, 11) is 0. The van der Waals surface area contributed by atoms with Crippen molar-refractivity contribution < 1.29 is 4.79 Å². The fraction of sp³-hybridized carbons (Fsp3) is 0. The SMILES string of the molecule is N#Cc1cc(N)ccc1NC(=O)c1cc(Cl)ccc1Cl. The average molecular weight is 306 g/mol. The predicted molar refractivity (Wildman–Crippen MR) is 80.0 cm³/mol. The topological polar surface area (TPSA) is 78.9 Å². The summed E-state index contributed by atoms with van der Waals surface area (Å²) in [6, 6.07) is 11.2. The van der Waals surface area contributed by atoms with Crippen LogP contribution in [0.25, 0.3) is 0 Å². The molecule has 100 valence electrons. The van der Waals surface area contributed by atoms with Crippen molar-refractivity contribution in [1.82, 2.24) is 0 Å². The highest BCUT2D eigenvalue weighted by Gasteiger charge is 2.13. The van der Waals surface area contributed by atoms with Gasteiger partial charge >= 0.3 is 0 Å². The van der Waals surface area contributed by atoms with E-state index < -0.39 is 5.91 Å². The highest BCUT2D eigenvalue weighted by atomic mass is 35.5. The van der Waals surface area contributed by atoms with Crippen molar-refractivity contribution >= 4 is 40.5 Å². The van der Waals surface area contributed by atoms with Gasteiger partial charge < -0.3 is 11.1 Å². The first kappa shape index (κ1) is 14.2. The van der Waals surface area contributed by atoms with E-state index >= 15 is 0 Å². The molecule has 6 heteroatoms. The van der Waals surface area contributed by atoms with Crippen molar-refractivity contribution in [3.05, 3.63) is 57.6 Å². The first-order valence-corrected chi connectivity index (χ1v) is 6.33. The third kappa shape index (κ3) is 3.02. The number of halogens is 2. The molecule has 2 rings (SSSR count). The molecule has 0 aromatic heterocycles. The molecule has 0 heterocycles. The van der Waals surface area contributed by atoms with Crippen LogP contribution in [0.1, 0.15) is 15.9 Å². The first-order chi connectivity index (χ1) is 9.51. The van der Waals surface area contributed by atoms with Gasteiger partial charge in [-0.25, -0.2) is 0 Å². The van der Waals surface area contributed by atoms with Gasteiger partial charge in [-0.3, -0.25) is 4.79 Å². The molecule has 0 spiro atoms. The van der Waals surface area contributed by atoms with E-state index in [0.29, 0.717) is 16.4 Å². The highest BCUT2D eigenvalue weighted by molar-refractivity contribution is 6.36. The van der Waals surface area contributed by atoms with Crippen LogP contribution >= 0.6 is 23.2 Å². The Labute approximate surface area is 125 Å². The van der Waals surface area contributed by atoms with Gasteiger partial charge in [0.15, 0.2) is 0 Å². The van der Waals surface area contributed by atoms with Crippen LogP contribution in [0, 0.1) is 11.3 Å². The summed E-state index contributed by atoms with van der Waals surface area (Å²) in [5.74, 6) is -0.446. The van der Waals surface area contributed by atoms with Crippen LogP contribution in [-0.4, -0.2) is 5.91 Å². The zero-order valence-electron chi connectivity index (χ0n) is 10.2. The number of carbonyl (C=O) groups excluding carboxylic acids is 1. The Kier molecular flexibility index (Phi) is 4.14. The fourth-order valence-corrected chi connectivity index (χ4v) is 2.00. The summed E-state index contributed by atoms with van der Waals surface area (Å²) in [4.78, 5) is 12.1. The second-order valence-electron chi connectivity index (χ2n) is 4.00. The van der Waals surface area contributed by atoms with Gasteiger partial charge in [-0.2, -0.15) is 5.26 Å². The monoisotopic (exact) mass is 305 g/mol. The normalized spacial score (nSPS) is 9.85. The largest absolute Gasteiger partial charge is 0.399 e. The smallest absolute Gasteiger partial charge is 0.257 e. The fourth-order valence-electron chi connectivity index (χ4n) is 1.62. The second-order valence-corrected chi connectivity index (χ2v) is 4.84. The number of carbonyl (C=O) groups is 1. The van der Waals surface area contributed by atoms with Gasteiger partial charge in [0.1, 0.15) is 6.07 Å². The van der Waals surface area contributed by atoms with Crippen LogP contribution in [0.5, 0.6) is 0 Å². The van der Waals surface area contributed by atoms with Gasteiger partial charge in [0.25, 0.3) is 5.91 Å². The Bertz CT molecular complexity index is 723. The van der Waals surface area contributed by atoms with E-state index in [1.54, 1.807) is 18.2 Å². The number of nitrogens with zero attached hydrogens (tertiary/aromatic N) is 1. The number of hydrogen-bond donors (Lipinski definition) is 2. The van der Waals surface area contributed by atoms with Crippen LogP contribution in [-0.2, 0) is 0 Å². The van der Waals surface area contributed by atoms with Gasteiger partial charge in [-0.05, 0) is 36.4 Å². The Hall–Kier alpha value is -2.22. The lowest BCUT2D eigenvalue weighted by Crippen LogP contribution is -2.13. The van der Waals surface area contributed by atoms with Crippen LogP contribution in [0.4, 0.5) is 11.4 Å². The number of nitrogen functional groups attached to an aromatic ring is 1. The summed E-state index contributed by atoms with van der Waals surface area (Å²) in [5.41, 5.74) is 6.91. The lowest BCUT2D eigenvalue weighted by molar-refractivity contribution is 0.102. The van der Waals surface area contributed by atoms with E-state index in [4.69, 9.17) is 34.2 Å². The molecule has 0 saturated carbocycles. The lowest BCUT2D eigenvalue weighted by Gasteiger charge is -2.09. The third-order valence-corrected chi connectivity index (χ3v) is 3.15. The molecule has 2 aromatic rings. The number of hydrogen-bond acceptors (Lipinski definition) is 3. The average Bonchev–Trinajstić information content (AvgIpc) is 2.43. The minimum Gasteiger partial charge on any atom is -0.399 e. The summed E-state index contributed by atoms with van der Waals surface area (Å²) in [6.07, 6.45) is 0. The molecule has 1 amide bonds. The van der Waals surface area contributed by atoms with Crippen molar-refractivity contribution in [2.75, 3.05) is 11.1 Å². The van der Waals surface area contributed by atoms with Crippen molar-refractivity contribution in [3.8, 4) is 6.07 Å². The van der Waals surface area contributed by atoms with Crippen molar-refractivity contribution in [3.63, 3.8) is 0 Å². The molecule has 0 aliphatic heterocycles. The zero-order valence-corrected chi connectivity index (χ0v) is 11.7. The number of nitrogens with two attached hydrogens (primary N) is 1. The maximum atomic E-state index is 12.1. The molecule has 0 aliphatic carbocycles. The highest BCUT2D eigenvalue weighted by Crippen LogP contribution is 2.23. The summed E-state index contributed by atoms with van der Waals surface area (Å²) in [6.45, 7) is 0. The van der Waals surface area contributed by atoms with Crippen molar-refractivity contribution in [2.45, 2.75) is 0 Å². The lowest BCUT2D eigenvalue weighted by atomic mass is 10.1. The van der Waals surface area contributed by atoms with E-state index in [9.17, 15) is 4.79 Å². The standard InChI is InChI=1S/C14H9Cl2N3O/c15-9-1-3-12(16)11(6-9)14(20)19-13-4-2-10(18)5-8(13)7-17/h1-6H,18H2,(H,19,20). The summed E-state index contributed by atoms with van der Waals surface area (Å²) >= 11 is 11.8. The van der Waals surface area contributed by atoms with Crippen LogP contribution in [0.15, 0.2) is 36.4 Å². The molecule has 0 fully saturated rings. The molecule has 2 aromatic carbocycles.